The molecular weight excluding hydrogens is 258 g/mol. The van der Waals surface area contributed by atoms with Crippen LogP contribution in [0.2, 0.25) is 0 Å². The van der Waals surface area contributed by atoms with Crippen LogP contribution in [-0.4, -0.2) is 61.6 Å². The summed E-state index contributed by atoms with van der Waals surface area (Å²) in [6.45, 7) is 5.13. The van der Waals surface area contributed by atoms with Crippen LogP contribution < -0.4 is 10.6 Å². The van der Waals surface area contributed by atoms with Crippen LogP contribution >= 0.6 is 0 Å². The van der Waals surface area contributed by atoms with Crippen molar-refractivity contribution in [1.82, 2.24) is 15.5 Å². The molecule has 2 saturated heterocycles. The van der Waals surface area contributed by atoms with Gasteiger partial charge < -0.3 is 15.0 Å². The molecule has 0 aromatic rings. The van der Waals surface area contributed by atoms with E-state index in [2.05, 4.69) is 10.6 Å². The molecule has 0 aromatic carbocycles. The molecule has 114 valence electrons. The molecule has 0 spiro atoms. The molecule has 1 atom stereocenters. The van der Waals surface area contributed by atoms with Gasteiger partial charge in [-0.3, -0.25) is 14.9 Å². The van der Waals surface area contributed by atoms with Gasteiger partial charge in [-0.25, -0.2) is 0 Å². The van der Waals surface area contributed by atoms with Crippen LogP contribution in [0.3, 0.4) is 0 Å². The zero-order valence-electron chi connectivity index (χ0n) is 12.2. The number of ether oxygens (including phenoxy) is 1. The Morgan fingerprint density at radius 2 is 1.90 bits per heavy atom. The average Bonchev–Trinajstić information content (AvgIpc) is 2.99. The Morgan fingerprint density at radius 1 is 1.25 bits per heavy atom. The number of rotatable bonds is 5. The Bertz CT molecular complexity index is 337. The number of nitrogens with one attached hydrogen (secondary N) is 2. The van der Waals surface area contributed by atoms with Crippen molar-refractivity contribution in [2.75, 3.05) is 32.8 Å². The van der Waals surface area contributed by atoms with Gasteiger partial charge in [0.05, 0.1) is 12.6 Å². The highest BCUT2D eigenvalue weighted by atomic mass is 16.5. The molecule has 2 N–H and O–H groups in total. The van der Waals surface area contributed by atoms with Gasteiger partial charge in [0.1, 0.15) is 0 Å². The number of nitrogens with zero attached hydrogens (tertiary/aromatic N) is 1. The molecule has 20 heavy (non-hydrogen) atoms. The van der Waals surface area contributed by atoms with E-state index in [0.29, 0.717) is 13.2 Å². The molecule has 2 heterocycles. The van der Waals surface area contributed by atoms with E-state index in [-0.39, 0.29) is 30.4 Å². The van der Waals surface area contributed by atoms with E-state index in [1.165, 1.54) is 0 Å². The van der Waals surface area contributed by atoms with Gasteiger partial charge >= 0.3 is 0 Å². The molecule has 1 unspecified atom stereocenters. The summed E-state index contributed by atoms with van der Waals surface area (Å²) in [5.41, 5.74) is 0. The minimum Gasteiger partial charge on any atom is -0.381 e. The second-order valence-electron chi connectivity index (χ2n) is 5.59. The van der Waals surface area contributed by atoms with Crippen LogP contribution in [0, 0.1) is 0 Å². The lowest BCUT2D eigenvalue weighted by Crippen LogP contribution is -2.48. The second-order valence-corrected chi connectivity index (χ2v) is 5.59. The summed E-state index contributed by atoms with van der Waals surface area (Å²) in [5.74, 6) is 0.0549. The predicted octanol–water partition coefficient (Wildman–Crippen LogP) is -0.118. The third-order valence-electron chi connectivity index (χ3n) is 3.94. The van der Waals surface area contributed by atoms with Gasteiger partial charge in [0.2, 0.25) is 11.8 Å². The van der Waals surface area contributed by atoms with Crippen LogP contribution in [-0.2, 0) is 14.3 Å². The van der Waals surface area contributed by atoms with E-state index in [0.717, 1.165) is 38.8 Å². The largest absolute Gasteiger partial charge is 0.381 e. The molecule has 0 saturated carbocycles. The summed E-state index contributed by atoms with van der Waals surface area (Å²) in [7, 11) is 0. The van der Waals surface area contributed by atoms with Crippen molar-refractivity contribution < 1.29 is 14.3 Å². The summed E-state index contributed by atoms with van der Waals surface area (Å²) in [5, 5.41) is 5.99. The van der Waals surface area contributed by atoms with Crippen molar-refractivity contribution in [1.29, 1.82) is 0 Å². The molecule has 0 aromatic heterocycles. The highest BCUT2D eigenvalue weighted by Gasteiger charge is 2.23. The highest BCUT2D eigenvalue weighted by molar-refractivity contribution is 5.83. The Balaban J connectivity index is 1.65. The maximum absolute atomic E-state index is 12.1. The number of hydrogen-bond donors (Lipinski definition) is 2. The van der Waals surface area contributed by atoms with Crippen LogP contribution in [0.15, 0.2) is 0 Å². The summed E-state index contributed by atoms with van der Waals surface area (Å²) in [4.78, 5) is 25.8. The van der Waals surface area contributed by atoms with Crippen LogP contribution in [0.4, 0.5) is 0 Å². The molecule has 2 aliphatic rings. The zero-order chi connectivity index (χ0) is 14.4. The Labute approximate surface area is 120 Å². The molecule has 0 bridgehead atoms. The Kier molecular flexibility index (Phi) is 5.79. The molecule has 2 fully saturated rings. The van der Waals surface area contributed by atoms with Crippen molar-refractivity contribution in [2.45, 2.75) is 44.7 Å². The number of carbonyl (C=O) groups excluding carboxylic acids is 2. The first-order chi connectivity index (χ1) is 9.66. The maximum atomic E-state index is 12.1. The molecule has 2 rings (SSSR count). The quantitative estimate of drug-likeness (QED) is 0.738. The summed E-state index contributed by atoms with van der Waals surface area (Å²) < 4.78 is 5.25. The van der Waals surface area contributed by atoms with Gasteiger partial charge in [-0.15, -0.1) is 0 Å². The van der Waals surface area contributed by atoms with Crippen LogP contribution in [0.1, 0.15) is 32.6 Å². The lowest BCUT2D eigenvalue weighted by molar-refractivity contribution is -0.132. The lowest BCUT2D eigenvalue weighted by atomic mass is 10.1. The second kappa shape index (κ2) is 7.59. The van der Waals surface area contributed by atoms with Gasteiger partial charge in [0, 0.05) is 32.3 Å². The molecule has 2 aliphatic heterocycles. The predicted molar refractivity (Wildman–Crippen MR) is 75.3 cm³/mol. The summed E-state index contributed by atoms with van der Waals surface area (Å²) in [6, 6.07) is -0.0869. The first kappa shape index (κ1) is 15.3. The normalized spacial score (nSPS) is 21.8. The van der Waals surface area contributed by atoms with Crippen molar-refractivity contribution in [3.05, 3.63) is 0 Å². The van der Waals surface area contributed by atoms with Crippen molar-refractivity contribution in [3.63, 3.8) is 0 Å². The molecule has 2 amide bonds. The smallest absolute Gasteiger partial charge is 0.239 e. The van der Waals surface area contributed by atoms with E-state index >= 15 is 0 Å². The third kappa shape index (κ3) is 4.45. The van der Waals surface area contributed by atoms with E-state index in [1.807, 2.05) is 11.8 Å². The number of hydrogen-bond acceptors (Lipinski definition) is 4. The highest BCUT2D eigenvalue weighted by Crippen LogP contribution is 2.09. The molecule has 6 nitrogen and oxygen atoms in total. The maximum Gasteiger partial charge on any atom is 0.239 e. The fourth-order valence-electron chi connectivity index (χ4n) is 2.67. The molecule has 6 heteroatoms. The summed E-state index contributed by atoms with van der Waals surface area (Å²) >= 11 is 0. The van der Waals surface area contributed by atoms with Crippen LogP contribution in [0.25, 0.3) is 0 Å². The Hall–Kier alpha value is -1.14. The lowest BCUT2D eigenvalue weighted by Gasteiger charge is -2.24. The van der Waals surface area contributed by atoms with Gasteiger partial charge in [0.25, 0.3) is 0 Å². The monoisotopic (exact) mass is 283 g/mol. The van der Waals surface area contributed by atoms with Gasteiger partial charge in [0.15, 0.2) is 0 Å². The zero-order valence-corrected chi connectivity index (χ0v) is 12.2. The third-order valence-corrected chi connectivity index (χ3v) is 3.94. The molecule has 0 aliphatic carbocycles. The fourth-order valence-corrected chi connectivity index (χ4v) is 2.67. The fraction of sp³-hybridized carbons (Fsp3) is 0.857. The Morgan fingerprint density at radius 3 is 2.55 bits per heavy atom. The minimum absolute atomic E-state index is 0.0435. The van der Waals surface area contributed by atoms with Crippen LogP contribution in [0.5, 0.6) is 0 Å². The standard InChI is InChI=1S/C14H25N3O3/c1-11(14(19)17-6-2-3-7-17)15-10-13(18)16-12-4-8-20-9-5-12/h11-12,15H,2-10H2,1H3,(H,16,18). The summed E-state index contributed by atoms with van der Waals surface area (Å²) in [6.07, 6.45) is 3.91. The average molecular weight is 283 g/mol. The SMILES string of the molecule is CC(NCC(=O)NC1CCOCC1)C(=O)N1CCCC1. The first-order valence-electron chi connectivity index (χ1n) is 7.56. The first-order valence-corrected chi connectivity index (χ1v) is 7.56. The van der Waals surface area contributed by atoms with Crippen molar-refractivity contribution >= 4 is 11.8 Å². The van der Waals surface area contributed by atoms with Crippen molar-refractivity contribution in [2.24, 2.45) is 0 Å². The van der Waals surface area contributed by atoms with Gasteiger partial charge in [-0.2, -0.15) is 0 Å². The molecule has 0 radical (unpaired) electrons. The van der Waals surface area contributed by atoms with E-state index in [1.54, 1.807) is 0 Å². The van der Waals surface area contributed by atoms with E-state index in [9.17, 15) is 9.59 Å². The van der Waals surface area contributed by atoms with Crippen molar-refractivity contribution in [3.8, 4) is 0 Å². The van der Waals surface area contributed by atoms with Gasteiger partial charge in [-0.05, 0) is 32.6 Å². The van der Waals surface area contributed by atoms with Gasteiger partial charge in [-0.1, -0.05) is 0 Å². The molecular formula is C14H25N3O3. The number of amides is 2. The minimum atomic E-state index is -0.298. The van der Waals surface area contributed by atoms with E-state index < -0.39 is 0 Å². The van der Waals surface area contributed by atoms with E-state index in [4.69, 9.17) is 4.74 Å². The number of carbonyl (C=O) groups is 2. The topological polar surface area (TPSA) is 70.7 Å². The number of likely N-dealkylation sites (tertiary alicyclic amines) is 1.